The van der Waals surface area contributed by atoms with Gasteiger partial charge in [-0.05, 0) is 34.0 Å². The van der Waals surface area contributed by atoms with Crippen LogP contribution in [0.25, 0.3) is 10.8 Å². The zero-order valence-electron chi connectivity index (χ0n) is 8.84. The fraction of sp³-hybridized carbons (Fsp3) is 0. The Bertz CT molecular complexity index is 669. The molecule has 84 valence electrons. The first kappa shape index (κ1) is 15.2. The van der Waals surface area contributed by atoms with Crippen molar-refractivity contribution in [1.29, 1.82) is 0 Å². The molecule has 2 aromatic rings. The van der Waals surface area contributed by atoms with Crippen molar-refractivity contribution in [3.63, 3.8) is 0 Å². The molecular formula is C10H6INaO4S. The van der Waals surface area contributed by atoms with Gasteiger partial charge in [-0.15, -0.1) is 0 Å². The molecule has 0 saturated heterocycles. The molecule has 0 heterocycles. The van der Waals surface area contributed by atoms with Crippen LogP contribution in [0.15, 0.2) is 35.2 Å². The summed E-state index contributed by atoms with van der Waals surface area (Å²) in [7, 11) is -4.66. The normalized spacial score (nSPS) is 11.2. The Morgan fingerprint density at radius 1 is 1.24 bits per heavy atom. The summed E-state index contributed by atoms with van der Waals surface area (Å²) >= 11 is 1.72. The Morgan fingerprint density at radius 3 is 2.41 bits per heavy atom. The third kappa shape index (κ3) is 2.94. The number of phenolic OH excluding ortho intramolecular Hbond substituents is 1. The van der Waals surface area contributed by atoms with E-state index in [1.807, 2.05) is 0 Å². The Kier molecular flexibility index (Phi) is 4.84. The van der Waals surface area contributed by atoms with Crippen molar-refractivity contribution in [2.24, 2.45) is 0 Å². The van der Waals surface area contributed by atoms with Crippen molar-refractivity contribution in [3.8, 4) is 5.75 Å². The predicted octanol–water partition coefficient (Wildman–Crippen LogP) is -0.942. The van der Waals surface area contributed by atoms with E-state index in [-0.39, 0.29) is 33.1 Å². The number of rotatable bonds is 1. The fourth-order valence-electron chi connectivity index (χ4n) is 1.51. The maximum Gasteiger partial charge on any atom is 1.00 e. The average molecular weight is 372 g/mol. The average Bonchev–Trinajstić information content (AvgIpc) is 2.15. The standard InChI is InChI=1S/C10H7IO4S.Na/c11-8-5-6-3-1-2-4-7(6)9(12)10(8)16(13,14)15;/h1-5,12H,(H,13,14,15);/q;+1/p-1. The first-order valence-corrected chi connectivity index (χ1v) is 6.76. The smallest absolute Gasteiger partial charge is 0.744 e. The molecule has 0 spiro atoms. The van der Waals surface area contributed by atoms with E-state index in [9.17, 15) is 18.1 Å². The third-order valence-electron chi connectivity index (χ3n) is 2.18. The number of hydrogen-bond acceptors (Lipinski definition) is 4. The summed E-state index contributed by atoms with van der Waals surface area (Å²) in [5, 5.41) is 10.8. The van der Waals surface area contributed by atoms with E-state index in [0.29, 0.717) is 10.8 Å². The van der Waals surface area contributed by atoms with Gasteiger partial charge in [0.15, 0.2) is 0 Å². The maximum atomic E-state index is 11.0. The van der Waals surface area contributed by atoms with Crippen molar-refractivity contribution in [2.45, 2.75) is 4.90 Å². The molecule has 2 rings (SSSR count). The van der Waals surface area contributed by atoms with Crippen LogP contribution in [0.2, 0.25) is 0 Å². The monoisotopic (exact) mass is 372 g/mol. The van der Waals surface area contributed by atoms with Gasteiger partial charge in [0, 0.05) is 8.96 Å². The van der Waals surface area contributed by atoms with Crippen LogP contribution >= 0.6 is 22.6 Å². The van der Waals surface area contributed by atoms with E-state index in [4.69, 9.17) is 0 Å². The Hall–Kier alpha value is 0.140. The quantitative estimate of drug-likeness (QED) is 0.398. The minimum atomic E-state index is -4.66. The molecule has 0 fully saturated rings. The van der Waals surface area contributed by atoms with Crippen LogP contribution in [0.5, 0.6) is 5.75 Å². The number of phenols is 1. The van der Waals surface area contributed by atoms with Crippen LogP contribution in [-0.2, 0) is 10.1 Å². The largest absolute Gasteiger partial charge is 1.00 e. The van der Waals surface area contributed by atoms with Gasteiger partial charge in [-0.2, -0.15) is 0 Å². The van der Waals surface area contributed by atoms with Gasteiger partial charge in [-0.25, -0.2) is 8.42 Å². The van der Waals surface area contributed by atoms with Crippen molar-refractivity contribution in [1.82, 2.24) is 0 Å². The third-order valence-corrected chi connectivity index (χ3v) is 4.31. The second-order valence-corrected chi connectivity index (χ2v) is 5.69. The molecule has 0 aliphatic carbocycles. The van der Waals surface area contributed by atoms with Crippen LogP contribution in [0, 0.1) is 3.57 Å². The summed E-state index contributed by atoms with van der Waals surface area (Å²) in [5.41, 5.74) is 0. The van der Waals surface area contributed by atoms with Gasteiger partial charge < -0.3 is 9.66 Å². The number of hydrogen-bond donors (Lipinski definition) is 1. The van der Waals surface area contributed by atoms with Crippen LogP contribution in [0.1, 0.15) is 0 Å². The van der Waals surface area contributed by atoms with E-state index in [0.717, 1.165) is 0 Å². The van der Waals surface area contributed by atoms with Crippen molar-refractivity contribution < 1.29 is 47.6 Å². The van der Waals surface area contributed by atoms with E-state index in [2.05, 4.69) is 0 Å². The molecule has 0 saturated carbocycles. The Morgan fingerprint density at radius 2 is 1.82 bits per heavy atom. The van der Waals surface area contributed by atoms with E-state index in [1.54, 1.807) is 52.9 Å². The zero-order chi connectivity index (χ0) is 11.9. The first-order chi connectivity index (χ1) is 7.41. The number of benzene rings is 2. The maximum absolute atomic E-state index is 11.0. The molecule has 0 unspecified atom stereocenters. The SMILES string of the molecule is O=S(=O)([O-])c1c(I)cc2ccccc2c1O.[Na+]. The van der Waals surface area contributed by atoms with Gasteiger partial charge in [0.1, 0.15) is 20.8 Å². The number of aromatic hydroxyl groups is 1. The van der Waals surface area contributed by atoms with Gasteiger partial charge in [0.05, 0.1) is 0 Å². The summed E-state index contributed by atoms with van der Waals surface area (Å²) < 4.78 is 33.2. The molecular weight excluding hydrogens is 366 g/mol. The molecule has 7 heteroatoms. The van der Waals surface area contributed by atoms with Crippen LogP contribution in [0.3, 0.4) is 0 Å². The molecule has 0 aliphatic rings. The topological polar surface area (TPSA) is 77.4 Å². The molecule has 4 nitrogen and oxygen atoms in total. The van der Waals surface area contributed by atoms with Crippen molar-refractivity contribution >= 4 is 43.5 Å². The zero-order valence-corrected chi connectivity index (χ0v) is 13.8. The van der Waals surface area contributed by atoms with Gasteiger partial charge in [0.2, 0.25) is 0 Å². The number of fused-ring (bicyclic) bond motifs is 1. The van der Waals surface area contributed by atoms with E-state index >= 15 is 0 Å². The van der Waals surface area contributed by atoms with Crippen LogP contribution in [-0.4, -0.2) is 18.1 Å². The molecule has 0 atom stereocenters. The van der Waals surface area contributed by atoms with Gasteiger partial charge in [-0.3, -0.25) is 0 Å². The predicted molar refractivity (Wildman–Crippen MR) is 66.3 cm³/mol. The van der Waals surface area contributed by atoms with Crippen molar-refractivity contribution in [3.05, 3.63) is 33.9 Å². The van der Waals surface area contributed by atoms with E-state index < -0.39 is 20.8 Å². The fourth-order valence-corrected chi connectivity index (χ4v) is 3.56. The molecule has 0 radical (unpaired) electrons. The molecule has 2 aromatic carbocycles. The summed E-state index contributed by atoms with van der Waals surface area (Å²) in [6.45, 7) is 0. The van der Waals surface area contributed by atoms with Gasteiger partial charge in [-0.1, -0.05) is 24.3 Å². The molecule has 17 heavy (non-hydrogen) atoms. The summed E-state index contributed by atoms with van der Waals surface area (Å²) in [5.74, 6) is -0.475. The number of halogens is 1. The molecule has 0 aliphatic heterocycles. The first-order valence-electron chi connectivity index (χ1n) is 4.27. The molecule has 0 amide bonds. The second-order valence-electron chi connectivity index (χ2n) is 3.21. The summed E-state index contributed by atoms with van der Waals surface area (Å²) in [4.78, 5) is -0.549. The second kappa shape index (κ2) is 5.41. The molecule has 0 bridgehead atoms. The molecule has 0 aromatic heterocycles. The Balaban J connectivity index is 0.00000144. The summed E-state index contributed by atoms with van der Waals surface area (Å²) in [6, 6.07) is 8.29. The Labute approximate surface area is 134 Å². The minimum Gasteiger partial charge on any atom is -0.744 e. The van der Waals surface area contributed by atoms with Crippen LogP contribution in [0.4, 0.5) is 0 Å². The minimum absolute atomic E-state index is 0. The van der Waals surface area contributed by atoms with Crippen LogP contribution < -0.4 is 29.6 Å². The van der Waals surface area contributed by atoms with Crippen molar-refractivity contribution in [2.75, 3.05) is 0 Å². The van der Waals surface area contributed by atoms with E-state index in [1.165, 1.54) is 0 Å². The molecule has 1 N–H and O–H groups in total. The van der Waals surface area contributed by atoms with Gasteiger partial charge in [0.25, 0.3) is 0 Å². The van der Waals surface area contributed by atoms with Gasteiger partial charge >= 0.3 is 29.6 Å². The summed E-state index contributed by atoms with van der Waals surface area (Å²) in [6.07, 6.45) is 0.